The largest absolute Gasteiger partial charge is 0.481 e. The van der Waals surface area contributed by atoms with Gasteiger partial charge in [-0.25, -0.2) is 9.18 Å². The van der Waals surface area contributed by atoms with Crippen LogP contribution < -0.4 is 0 Å². The van der Waals surface area contributed by atoms with Crippen LogP contribution in [0, 0.1) is 11.7 Å². The molecular weight excluding hydrogens is 335 g/mol. The number of likely N-dealkylation sites (tertiary alicyclic amines) is 1. The summed E-state index contributed by atoms with van der Waals surface area (Å²) in [6.07, 6.45) is 5.00. The van der Waals surface area contributed by atoms with Gasteiger partial charge in [0.15, 0.2) is 0 Å². The Bertz CT molecular complexity index is 671. The van der Waals surface area contributed by atoms with Crippen molar-refractivity contribution >= 4 is 12.0 Å². The monoisotopic (exact) mass is 360 g/mol. The topological polar surface area (TPSA) is 60.9 Å². The smallest absolute Gasteiger partial charge is 0.320 e. The molecule has 3 aliphatic rings. The molecule has 2 amide bonds. The summed E-state index contributed by atoms with van der Waals surface area (Å²) in [4.78, 5) is 28.0. The molecule has 3 fully saturated rings. The predicted octanol–water partition coefficient (Wildman–Crippen LogP) is 3.45. The van der Waals surface area contributed by atoms with Crippen LogP contribution in [0.15, 0.2) is 24.3 Å². The van der Waals surface area contributed by atoms with Crippen molar-refractivity contribution < 1.29 is 19.1 Å². The normalized spacial score (nSPS) is 29.0. The molecule has 4 rings (SSSR count). The van der Waals surface area contributed by atoms with Crippen molar-refractivity contribution in [2.45, 2.75) is 56.5 Å². The molecule has 3 aliphatic heterocycles. The van der Waals surface area contributed by atoms with Gasteiger partial charge in [-0.2, -0.15) is 0 Å². The van der Waals surface area contributed by atoms with E-state index in [2.05, 4.69) is 4.90 Å². The van der Waals surface area contributed by atoms with E-state index >= 15 is 0 Å². The highest BCUT2D eigenvalue weighted by atomic mass is 19.1. The Morgan fingerprint density at radius 1 is 0.962 bits per heavy atom. The molecule has 26 heavy (non-hydrogen) atoms. The Balaban J connectivity index is 1.41. The summed E-state index contributed by atoms with van der Waals surface area (Å²) >= 11 is 0. The summed E-state index contributed by atoms with van der Waals surface area (Å²) in [5, 5.41) is 9.12. The molecule has 1 N–H and O–H groups in total. The summed E-state index contributed by atoms with van der Waals surface area (Å²) < 4.78 is 13.2. The highest BCUT2D eigenvalue weighted by Crippen LogP contribution is 2.43. The van der Waals surface area contributed by atoms with E-state index < -0.39 is 5.97 Å². The number of hydrogen-bond acceptors (Lipinski definition) is 2. The van der Waals surface area contributed by atoms with Crippen LogP contribution in [0.25, 0.3) is 0 Å². The minimum Gasteiger partial charge on any atom is -0.481 e. The number of carbonyl (C=O) groups excluding carboxylic acids is 1. The maximum absolute atomic E-state index is 13.2. The van der Waals surface area contributed by atoms with Gasteiger partial charge in [0.2, 0.25) is 0 Å². The molecule has 0 aromatic heterocycles. The Kier molecular flexibility index (Phi) is 4.59. The number of rotatable bonds is 2. The van der Waals surface area contributed by atoms with Gasteiger partial charge in [0.05, 0.1) is 5.92 Å². The lowest BCUT2D eigenvalue weighted by molar-refractivity contribution is -0.143. The van der Waals surface area contributed by atoms with Gasteiger partial charge in [-0.15, -0.1) is 0 Å². The molecule has 1 aromatic carbocycles. The van der Waals surface area contributed by atoms with Gasteiger partial charge in [0, 0.05) is 25.2 Å². The van der Waals surface area contributed by atoms with Crippen LogP contribution in [-0.4, -0.2) is 52.1 Å². The Labute approximate surface area is 152 Å². The van der Waals surface area contributed by atoms with Crippen molar-refractivity contribution in [3.8, 4) is 0 Å². The summed E-state index contributed by atoms with van der Waals surface area (Å²) in [5.41, 5.74) is 1.16. The molecule has 5 nitrogen and oxygen atoms in total. The number of halogens is 1. The lowest BCUT2D eigenvalue weighted by Crippen LogP contribution is -2.53. The molecule has 0 unspecified atom stereocenters. The second-order valence-corrected chi connectivity index (χ2v) is 7.89. The van der Waals surface area contributed by atoms with Crippen LogP contribution in [0.1, 0.15) is 50.0 Å². The summed E-state index contributed by atoms with van der Waals surface area (Å²) in [6.45, 7) is 1.07. The molecule has 6 heteroatoms. The van der Waals surface area contributed by atoms with Gasteiger partial charge in [-0.1, -0.05) is 12.1 Å². The number of urea groups is 1. The van der Waals surface area contributed by atoms with Crippen LogP contribution in [-0.2, 0) is 4.79 Å². The number of hydrogen-bond donors (Lipinski definition) is 1. The standard InChI is InChI=1S/C20H25FN2O3/c21-16-3-1-13(2-4-16)15-11-17-5-6-18(12-15)23(17)20(26)22-9-7-14(8-10-22)19(24)25/h1-4,14-15,17-18H,5-12H2,(H,24,25)/t15-,17+,18-. The van der Waals surface area contributed by atoms with Gasteiger partial charge >= 0.3 is 12.0 Å². The molecule has 140 valence electrons. The van der Waals surface area contributed by atoms with Crippen LogP contribution >= 0.6 is 0 Å². The van der Waals surface area contributed by atoms with Gasteiger partial charge in [0.1, 0.15) is 5.82 Å². The van der Waals surface area contributed by atoms with Crippen LogP contribution in [0.4, 0.5) is 9.18 Å². The zero-order valence-corrected chi connectivity index (χ0v) is 14.8. The number of nitrogens with zero attached hydrogens (tertiary/aromatic N) is 2. The quantitative estimate of drug-likeness (QED) is 0.879. The Morgan fingerprint density at radius 3 is 2.08 bits per heavy atom. The summed E-state index contributed by atoms with van der Waals surface area (Å²) in [6, 6.07) is 7.34. The first-order valence-electron chi connectivity index (χ1n) is 9.58. The van der Waals surface area contributed by atoms with Crippen LogP contribution in [0.3, 0.4) is 0 Å². The minimum atomic E-state index is -0.753. The number of piperidine rings is 2. The molecule has 0 radical (unpaired) electrons. The first kappa shape index (κ1) is 17.3. The molecule has 3 atom stereocenters. The molecule has 2 bridgehead atoms. The molecule has 1 aromatic rings. The zero-order chi connectivity index (χ0) is 18.3. The minimum absolute atomic E-state index is 0.0823. The molecular formula is C20H25FN2O3. The van der Waals surface area contributed by atoms with E-state index in [1.54, 1.807) is 0 Å². The number of carbonyl (C=O) groups is 2. The fraction of sp³-hybridized carbons (Fsp3) is 0.600. The lowest BCUT2D eigenvalue weighted by Gasteiger charge is -2.43. The Morgan fingerprint density at radius 2 is 1.54 bits per heavy atom. The van der Waals surface area contributed by atoms with Gasteiger partial charge in [-0.3, -0.25) is 4.79 Å². The van der Waals surface area contributed by atoms with Crippen molar-refractivity contribution in [2.24, 2.45) is 5.92 Å². The SMILES string of the molecule is O=C(O)C1CCN(C(=O)N2[C@@H]3CC[C@H]2C[C@@H](c2ccc(F)cc2)C3)CC1. The fourth-order valence-corrected chi connectivity index (χ4v) is 4.98. The number of carboxylic acids is 1. The second kappa shape index (κ2) is 6.89. The van der Waals surface area contributed by atoms with Crippen molar-refractivity contribution in [2.75, 3.05) is 13.1 Å². The van der Waals surface area contributed by atoms with Crippen molar-refractivity contribution in [3.63, 3.8) is 0 Å². The van der Waals surface area contributed by atoms with E-state index in [1.165, 1.54) is 12.1 Å². The fourth-order valence-electron chi connectivity index (χ4n) is 4.98. The molecule has 3 saturated heterocycles. The third-order valence-electron chi connectivity index (χ3n) is 6.41. The summed E-state index contributed by atoms with van der Waals surface area (Å²) in [5.74, 6) is -0.902. The third kappa shape index (κ3) is 3.17. The number of aliphatic carboxylic acids is 1. The molecule has 0 aliphatic carbocycles. The van der Waals surface area contributed by atoms with E-state index in [9.17, 15) is 14.0 Å². The maximum atomic E-state index is 13.2. The first-order valence-corrected chi connectivity index (χ1v) is 9.58. The number of benzene rings is 1. The van der Waals surface area contributed by atoms with Gasteiger partial charge in [0.25, 0.3) is 0 Å². The van der Waals surface area contributed by atoms with Crippen molar-refractivity contribution in [1.29, 1.82) is 0 Å². The summed E-state index contributed by atoms with van der Waals surface area (Å²) in [7, 11) is 0. The van der Waals surface area contributed by atoms with E-state index in [-0.39, 0.29) is 29.8 Å². The van der Waals surface area contributed by atoms with Crippen LogP contribution in [0.5, 0.6) is 0 Å². The average Bonchev–Trinajstić information content (AvgIpc) is 2.91. The maximum Gasteiger partial charge on any atom is 0.320 e. The predicted molar refractivity (Wildman–Crippen MR) is 94.4 cm³/mol. The number of fused-ring (bicyclic) bond motifs is 2. The zero-order valence-electron chi connectivity index (χ0n) is 14.8. The van der Waals surface area contributed by atoms with Gasteiger partial charge < -0.3 is 14.9 Å². The van der Waals surface area contributed by atoms with E-state index in [0.29, 0.717) is 31.8 Å². The highest BCUT2D eigenvalue weighted by molar-refractivity contribution is 5.76. The van der Waals surface area contributed by atoms with Crippen molar-refractivity contribution in [3.05, 3.63) is 35.6 Å². The second-order valence-electron chi connectivity index (χ2n) is 7.89. The van der Waals surface area contributed by atoms with E-state index in [1.807, 2.05) is 17.0 Å². The molecule has 0 spiro atoms. The lowest BCUT2D eigenvalue weighted by atomic mass is 9.85. The first-order chi connectivity index (χ1) is 12.5. The molecule has 0 saturated carbocycles. The van der Waals surface area contributed by atoms with E-state index in [4.69, 9.17) is 5.11 Å². The van der Waals surface area contributed by atoms with E-state index in [0.717, 1.165) is 31.2 Å². The third-order valence-corrected chi connectivity index (χ3v) is 6.41. The number of carboxylic acid groups (broad SMARTS) is 1. The molecule has 3 heterocycles. The van der Waals surface area contributed by atoms with Crippen molar-refractivity contribution in [1.82, 2.24) is 9.80 Å². The van der Waals surface area contributed by atoms with Crippen LogP contribution in [0.2, 0.25) is 0 Å². The Hall–Kier alpha value is -2.11. The highest BCUT2D eigenvalue weighted by Gasteiger charge is 2.45. The number of amides is 2. The van der Waals surface area contributed by atoms with Gasteiger partial charge in [-0.05, 0) is 62.1 Å². The average molecular weight is 360 g/mol.